The van der Waals surface area contributed by atoms with E-state index in [2.05, 4.69) is 20.4 Å². The summed E-state index contributed by atoms with van der Waals surface area (Å²) in [6.07, 6.45) is 1.33. The molecular formula is C12H20N4O3. The number of ether oxygens (including phenoxy) is 1. The Hall–Kier alpha value is -1.47. The first-order valence-electron chi connectivity index (χ1n) is 6.66. The van der Waals surface area contributed by atoms with Gasteiger partial charge in [0.15, 0.2) is 5.82 Å². The first-order chi connectivity index (χ1) is 9.28. The van der Waals surface area contributed by atoms with Crippen molar-refractivity contribution in [3.05, 3.63) is 11.7 Å². The fourth-order valence-electron chi connectivity index (χ4n) is 1.86. The van der Waals surface area contributed by atoms with Crippen molar-refractivity contribution in [1.82, 2.24) is 20.4 Å². The first-order valence-corrected chi connectivity index (χ1v) is 6.66. The molecule has 0 radical (unpaired) electrons. The van der Waals surface area contributed by atoms with Gasteiger partial charge in [0.2, 0.25) is 11.8 Å². The lowest BCUT2D eigenvalue weighted by Crippen LogP contribution is -2.43. The predicted molar refractivity (Wildman–Crippen MR) is 67.6 cm³/mol. The Labute approximate surface area is 112 Å². The van der Waals surface area contributed by atoms with Crippen LogP contribution in [-0.4, -0.2) is 60.3 Å². The Morgan fingerprint density at radius 3 is 2.89 bits per heavy atom. The fourth-order valence-corrected chi connectivity index (χ4v) is 1.86. The number of morpholine rings is 1. The zero-order valence-electron chi connectivity index (χ0n) is 11.2. The minimum atomic E-state index is 0.0251. The molecule has 0 spiro atoms. The van der Waals surface area contributed by atoms with Crippen LogP contribution >= 0.6 is 0 Å². The summed E-state index contributed by atoms with van der Waals surface area (Å²) in [4.78, 5) is 18.0. The second-order valence-electron chi connectivity index (χ2n) is 4.45. The van der Waals surface area contributed by atoms with Crippen LogP contribution in [0.1, 0.15) is 18.6 Å². The van der Waals surface area contributed by atoms with Gasteiger partial charge >= 0.3 is 0 Å². The van der Waals surface area contributed by atoms with Crippen molar-refractivity contribution >= 4 is 5.91 Å². The van der Waals surface area contributed by atoms with Crippen LogP contribution in [0.3, 0.4) is 0 Å². The molecule has 2 heterocycles. The summed E-state index contributed by atoms with van der Waals surface area (Å²) < 4.78 is 10.3. The largest absolute Gasteiger partial charge is 0.379 e. The molecule has 106 valence electrons. The number of aromatic nitrogens is 2. The molecule has 7 nitrogen and oxygen atoms in total. The maximum atomic E-state index is 11.7. The Morgan fingerprint density at radius 2 is 2.21 bits per heavy atom. The molecule has 0 atom stereocenters. The van der Waals surface area contributed by atoms with Crippen LogP contribution in [0, 0.1) is 0 Å². The minimum Gasteiger partial charge on any atom is -0.379 e. The molecule has 1 N–H and O–H groups in total. The van der Waals surface area contributed by atoms with Crippen LogP contribution in [-0.2, 0) is 22.4 Å². The van der Waals surface area contributed by atoms with Crippen molar-refractivity contribution < 1.29 is 14.1 Å². The summed E-state index contributed by atoms with van der Waals surface area (Å²) in [6, 6.07) is 0. The van der Waals surface area contributed by atoms with Crippen LogP contribution in [0.25, 0.3) is 0 Å². The number of aryl methyl sites for hydroxylation is 1. The van der Waals surface area contributed by atoms with Crippen LogP contribution < -0.4 is 5.32 Å². The van der Waals surface area contributed by atoms with E-state index in [0.717, 1.165) is 19.5 Å². The van der Waals surface area contributed by atoms with E-state index in [1.54, 1.807) is 0 Å². The first kappa shape index (κ1) is 14.0. The lowest BCUT2D eigenvalue weighted by atomic mass is 10.3. The number of nitrogens with one attached hydrogen (secondary N) is 1. The zero-order chi connectivity index (χ0) is 13.5. The quantitative estimate of drug-likeness (QED) is 0.757. The number of carbonyl (C=O) groups excluding carboxylic acids is 1. The van der Waals surface area contributed by atoms with Crippen LogP contribution in [0.4, 0.5) is 0 Å². The van der Waals surface area contributed by atoms with Gasteiger partial charge in [-0.3, -0.25) is 9.69 Å². The summed E-state index contributed by atoms with van der Waals surface area (Å²) in [5, 5.41) is 6.66. The number of carbonyl (C=O) groups is 1. The van der Waals surface area contributed by atoms with E-state index >= 15 is 0 Å². The van der Waals surface area contributed by atoms with Crippen molar-refractivity contribution in [2.24, 2.45) is 0 Å². The normalized spacial score (nSPS) is 16.5. The van der Waals surface area contributed by atoms with E-state index in [1.165, 1.54) is 0 Å². The highest BCUT2D eigenvalue weighted by Crippen LogP contribution is 1.98. The van der Waals surface area contributed by atoms with E-state index < -0.39 is 0 Å². The molecule has 0 aromatic carbocycles. The highest BCUT2D eigenvalue weighted by Gasteiger charge is 2.14. The summed E-state index contributed by atoms with van der Waals surface area (Å²) in [6.45, 7) is 5.96. The van der Waals surface area contributed by atoms with Crippen molar-refractivity contribution in [3.63, 3.8) is 0 Å². The molecule has 1 amide bonds. The molecule has 0 aliphatic carbocycles. The zero-order valence-corrected chi connectivity index (χ0v) is 11.2. The van der Waals surface area contributed by atoms with Gasteiger partial charge in [-0.25, -0.2) is 0 Å². The van der Waals surface area contributed by atoms with Crippen LogP contribution in [0.15, 0.2) is 4.52 Å². The maximum Gasteiger partial charge on any atom is 0.234 e. The van der Waals surface area contributed by atoms with Gasteiger partial charge in [0.1, 0.15) is 0 Å². The molecule has 1 aromatic rings. The van der Waals surface area contributed by atoms with Gasteiger partial charge in [0.25, 0.3) is 0 Å². The summed E-state index contributed by atoms with van der Waals surface area (Å²) in [7, 11) is 0. The number of hydrogen-bond donors (Lipinski definition) is 1. The highest BCUT2D eigenvalue weighted by molar-refractivity contribution is 5.77. The Bertz CT molecular complexity index is 401. The number of amides is 1. The second-order valence-corrected chi connectivity index (χ2v) is 4.45. The molecule has 2 rings (SSSR count). The van der Waals surface area contributed by atoms with Crippen molar-refractivity contribution in [2.75, 3.05) is 39.4 Å². The summed E-state index contributed by atoms with van der Waals surface area (Å²) >= 11 is 0. The summed E-state index contributed by atoms with van der Waals surface area (Å²) in [5.74, 6) is 1.30. The van der Waals surface area contributed by atoms with Crippen molar-refractivity contribution in [1.29, 1.82) is 0 Å². The van der Waals surface area contributed by atoms with Gasteiger partial charge in [-0.05, 0) is 0 Å². The summed E-state index contributed by atoms with van der Waals surface area (Å²) in [5.41, 5.74) is 0. The Balaban J connectivity index is 1.63. The molecule has 1 aliphatic rings. The minimum absolute atomic E-state index is 0.0251. The average Bonchev–Trinajstić information content (AvgIpc) is 2.88. The van der Waals surface area contributed by atoms with Gasteiger partial charge in [-0.2, -0.15) is 4.98 Å². The molecule has 0 unspecified atom stereocenters. The van der Waals surface area contributed by atoms with E-state index in [-0.39, 0.29) is 5.91 Å². The van der Waals surface area contributed by atoms with Gasteiger partial charge < -0.3 is 14.6 Å². The van der Waals surface area contributed by atoms with Crippen molar-refractivity contribution in [3.8, 4) is 0 Å². The van der Waals surface area contributed by atoms with Gasteiger partial charge in [-0.15, -0.1) is 0 Å². The number of nitrogens with zero attached hydrogens (tertiary/aromatic N) is 3. The number of rotatable bonds is 6. The fraction of sp³-hybridized carbons (Fsp3) is 0.750. The molecular weight excluding hydrogens is 248 g/mol. The SMILES string of the molecule is CCc1noc(CCNC(=O)CN2CCOCC2)n1. The molecule has 19 heavy (non-hydrogen) atoms. The van der Waals surface area contributed by atoms with Gasteiger partial charge in [0.05, 0.1) is 19.8 Å². The Kier molecular flexibility index (Phi) is 5.29. The molecule has 0 bridgehead atoms. The van der Waals surface area contributed by atoms with E-state index in [0.29, 0.717) is 44.4 Å². The lowest BCUT2D eigenvalue weighted by molar-refractivity contribution is -0.123. The third-order valence-electron chi connectivity index (χ3n) is 2.96. The third kappa shape index (κ3) is 4.60. The van der Waals surface area contributed by atoms with Crippen LogP contribution in [0.5, 0.6) is 0 Å². The topological polar surface area (TPSA) is 80.5 Å². The molecule has 1 saturated heterocycles. The molecule has 1 aromatic heterocycles. The maximum absolute atomic E-state index is 11.7. The van der Waals surface area contributed by atoms with E-state index in [4.69, 9.17) is 9.26 Å². The van der Waals surface area contributed by atoms with Gasteiger partial charge in [-0.1, -0.05) is 12.1 Å². The predicted octanol–water partition coefficient (Wildman–Crippen LogP) is -0.377. The van der Waals surface area contributed by atoms with E-state index in [1.807, 2.05) is 6.92 Å². The molecule has 1 aliphatic heterocycles. The van der Waals surface area contributed by atoms with E-state index in [9.17, 15) is 4.79 Å². The number of hydrogen-bond acceptors (Lipinski definition) is 6. The van der Waals surface area contributed by atoms with Crippen LogP contribution in [0.2, 0.25) is 0 Å². The average molecular weight is 268 g/mol. The highest BCUT2D eigenvalue weighted by atomic mass is 16.5. The second kappa shape index (κ2) is 7.20. The third-order valence-corrected chi connectivity index (χ3v) is 2.96. The lowest BCUT2D eigenvalue weighted by Gasteiger charge is -2.25. The standard InChI is InChI=1S/C12H20N4O3/c1-2-10-14-12(19-15-10)3-4-13-11(17)9-16-5-7-18-8-6-16/h2-9H2,1H3,(H,13,17). The molecule has 1 fully saturated rings. The smallest absolute Gasteiger partial charge is 0.234 e. The van der Waals surface area contributed by atoms with Crippen molar-refractivity contribution in [2.45, 2.75) is 19.8 Å². The molecule has 0 saturated carbocycles. The monoisotopic (exact) mass is 268 g/mol. The Morgan fingerprint density at radius 1 is 1.42 bits per heavy atom. The van der Waals surface area contributed by atoms with Gasteiger partial charge in [0, 0.05) is 32.5 Å². The molecule has 7 heteroatoms.